The van der Waals surface area contributed by atoms with E-state index in [9.17, 15) is 27.8 Å². The Bertz CT molecular complexity index is 1260. The maximum absolute atomic E-state index is 14.1. The Kier molecular flexibility index (Phi) is 6.49. The third-order valence-corrected chi connectivity index (χ3v) is 7.40. The van der Waals surface area contributed by atoms with Gasteiger partial charge in [0.1, 0.15) is 17.1 Å². The molecule has 3 atom stereocenters. The van der Waals surface area contributed by atoms with Gasteiger partial charge in [-0.15, -0.1) is 0 Å². The maximum atomic E-state index is 14.1. The van der Waals surface area contributed by atoms with Crippen LogP contribution in [0.3, 0.4) is 0 Å². The number of halogens is 1. The Morgan fingerprint density at radius 1 is 1.29 bits per heavy atom. The Labute approximate surface area is 203 Å². The van der Waals surface area contributed by atoms with Crippen LogP contribution in [0.2, 0.25) is 0 Å². The zero-order valence-corrected chi connectivity index (χ0v) is 19.7. The topological polar surface area (TPSA) is 119 Å². The van der Waals surface area contributed by atoms with Crippen LogP contribution in [0.5, 0.6) is 5.75 Å². The fraction of sp³-hybridized carbons (Fsp3) is 0.375. The normalized spacial score (nSPS) is 23.2. The van der Waals surface area contributed by atoms with Crippen molar-refractivity contribution in [3.8, 4) is 5.75 Å². The number of rotatable bonds is 8. The number of benzene rings is 2. The molecule has 3 N–H and O–H groups in total. The third kappa shape index (κ3) is 4.76. The van der Waals surface area contributed by atoms with Crippen molar-refractivity contribution in [1.29, 1.82) is 0 Å². The van der Waals surface area contributed by atoms with Crippen molar-refractivity contribution in [1.82, 2.24) is 10.4 Å². The molecule has 2 aromatic rings. The maximum Gasteiger partial charge on any atom is 0.341 e. The van der Waals surface area contributed by atoms with Gasteiger partial charge in [0.25, 0.3) is 0 Å². The van der Waals surface area contributed by atoms with Gasteiger partial charge >= 0.3 is 5.97 Å². The summed E-state index contributed by atoms with van der Waals surface area (Å²) in [5.74, 6) is -1.06. The average Bonchev–Trinajstić information content (AvgIpc) is 3.50. The molecule has 5 rings (SSSR count). The van der Waals surface area contributed by atoms with E-state index in [4.69, 9.17) is 4.74 Å². The van der Waals surface area contributed by atoms with Gasteiger partial charge in [-0.2, -0.15) is 0 Å². The van der Waals surface area contributed by atoms with Crippen LogP contribution >= 0.6 is 0 Å². The predicted molar refractivity (Wildman–Crippen MR) is 128 cm³/mol. The number of ether oxygens (including phenoxy) is 1. The lowest BCUT2D eigenvalue weighted by Gasteiger charge is -2.26. The van der Waals surface area contributed by atoms with Gasteiger partial charge in [-0.05, 0) is 48.6 Å². The van der Waals surface area contributed by atoms with Crippen molar-refractivity contribution in [2.75, 3.05) is 30.5 Å². The molecule has 2 unspecified atom stereocenters. The van der Waals surface area contributed by atoms with Gasteiger partial charge in [0.05, 0.1) is 24.1 Å². The number of hydrazine groups is 1. The molecule has 2 aliphatic heterocycles. The van der Waals surface area contributed by atoms with Crippen LogP contribution in [0.1, 0.15) is 40.2 Å². The minimum absolute atomic E-state index is 0.0584. The number of carbonyl (C=O) groups is 1. The highest BCUT2D eigenvalue weighted by Gasteiger charge is 2.45. The van der Waals surface area contributed by atoms with Crippen molar-refractivity contribution in [2.24, 2.45) is 5.92 Å². The molecule has 0 radical (unpaired) electrons. The second kappa shape index (κ2) is 9.57. The summed E-state index contributed by atoms with van der Waals surface area (Å²) in [6, 6.07) is 6.84. The molecule has 1 saturated heterocycles. The number of hydrogen-bond acceptors (Lipinski definition) is 7. The monoisotopic (exact) mass is 503 g/mol. The molecule has 0 bridgehead atoms. The quantitative estimate of drug-likeness (QED) is 0.405. The van der Waals surface area contributed by atoms with E-state index in [0.717, 1.165) is 22.4 Å². The van der Waals surface area contributed by atoms with E-state index in [1.165, 1.54) is 18.2 Å². The number of aromatic carboxylic acids is 1. The van der Waals surface area contributed by atoms with E-state index in [1.54, 1.807) is 18.2 Å². The second-order valence-corrected chi connectivity index (χ2v) is 9.88. The molecule has 2 heterocycles. The van der Waals surface area contributed by atoms with Crippen molar-refractivity contribution in [3.05, 3.63) is 58.9 Å². The molecule has 2 fully saturated rings. The van der Waals surface area contributed by atoms with E-state index >= 15 is 0 Å². The minimum Gasteiger partial charge on any atom is -0.492 e. The fourth-order valence-electron chi connectivity index (χ4n) is 4.83. The van der Waals surface area contributed by atoms with E-state index in [2.05, 4.69) is 5.43 Å². The zero-order valence-electron chi connectivity index (χ0n) is 18.8. The third-order valence-electron chi connectivity index (χ3n) is 6.65. The van der Waals surface area contributed by atoms with Crippen LogP contribution in [0.25, 0.3) is 6.08 Å². The SMILES string of the molecule is O=C(O)c1c(N(c2ccc(F)cc2C=CCNN2CC[C@@H](O)C2)[SH](=O)=O)ccc2c1OCC1CC21. The van der Waals surface area contributed by atoms with Gasteiger partial charge in [-0.25, -0.2) is 26.9 Å². The highest BCUT2D eigenvalue weighted by molar-refractivity contribution is 7.74. The molecule has 0 aromatic heterocycles. The lowest BCUT2D eigenvalue weighted by atomic mass is 9.99. The number of β-amino-alcohol motifs (C(OH)–C–C–N with tert-alkyl or cyclic N) is 1. The molecular weight excluding hydrogens is 477 g/mol. The van der Waals surface area contributed by atoms with Gasteiger partial charge in [0.15, 0.2) is 0 Å². The first-order valence-electron chi connectivity index (χ1n) is 11.4. The predicted octanol–water partition coefficient (Wildman–Crippen LogP) is 2.27. The highest BCUT2D eigenvalue weighted by Crippen LogP contribution is 2.56. The molecule has 3 aliphatic rings. The number of nitrogens with one attached hydrogen (secondary N) is 1. The number of carboxylic acid groups (broad SMARTS) is 1. The second-order valence-electron chi connectivity index (χ2n) is 9.00. The lowest BCUT2D eigenvalue weighted by Crippen LogP contribution is -2.36. The Hall–Kier alpha value is -2.99. The van der Waals surface area contributed by atoms with Crippen LogP contribution in [0.4, 0.5) is 15.8 Å². The van der Waals surface area contributed by atoms with E-state index in [1.807, 2.05) is 5.01 Å². The van der Waals surface area contributed by atoms with Crippen molar-refractivity contribution in [2.45, 2.75) is 24.9 Å². The Morgan fingerprint density at radius 3 is 2.80 bits per heavy atom. The number of aliphatic hydroxyl groups excluding tert-OH is 1. The molecule has 0 spiro atoms. The molecule has 0 amide bonds. The van der Waals surface area contributed by atoms with E-state index in [0.29, 0.717) is 38.6 Å². The summed E-state index contributed by atoms with van der Waals surface area (Å²) in [7, 11) is -3.32. The number of nitrogens with zero attached hydrogens (tertiary/aromatic N) is 2. The Morgan fingerprint density at radius 2 is 2.09 bits per heavy atom. The van der Waals surface area contributed by atoms with Gasteiger partial charge in [-0.1, -0.05) is 18.2 Å². The number of thiol groups is 1. The summed E-state index contributed by atoms with van der Waals surface area (Å²) < 4.78 is 45.7. The van der Waals surface area contributed by atoms with Gasteiger partial charge in [-0.3, -0.25) is 5.43 Å². The summed E-state index contributed by atoms with van der Waals surface area (Å²) in [5, 5.41) is 21.5. The molecule has 1 saturated carbocycles. The first-order valence-corrected chi connectivity index (χ1v) is 12.6. The van der Waals surface area contributed by atoms with Crippen molar-refractivity contribution >= 4 is 34.3 Å². The largest absolute Gasteiger partial charge is 0.492 e. The van der Waals surface area contributed by atoms with Crippen molar-refractivity contribution < 1.29 is 32.6 Å². The van der Waals surface area contributed by atoms with Crippen LogP contribution in [-0.4, -0.2) is 62.0 Å². The smallest absolute Gasteiger partial charge is 0.341 e. The van der Waals surface area contributed by atoms with E-state index < -0.39 is 22.7 Å². The summed E-state index contributed by atoms with van der Waals surface area (Å²) in [6.45, 7) is 1.98. The number of fused-ring (bicyclic) bond motifs is 3. The highest BCUT2D eigenvalue weighted by atomic mass is 32.2. The molecule has 35 heavy (non-hydrogen) atoms. The summed E-state index contributed by atoms with van der Waals surface area (Å²) in [5.41, 5.74) is 4.02. The fourth-order valence-corrected chi connectivity index (χ4v) is 5.53. The molecule has 11 heteroatoms. The number of anilines is 2. The minimum atomic E-state index is -3.32. The first kappa shape index (κ1) is 23.7. The molecule has 2 aromatic carbocycles. The van der Waals surface area contributed by atoms with Crippen molar-refractivity contribution in [3.63, 3.8) is 0 Å². The van der Waals surface area contributed by atoms with Gasteiger partial charge in [0, 0.05) is 31.1 Å². The molecule has 186 valence electrons. The molecule has 9 nitrogen and oxygen atoms in total. The Balaban J connectivity index is 1.49. The van der Waals surface area contributed by atoms with Crippen LogP contribution in [-0.2, 0) is 10.9 Å². The van der Waals surface area contributed by atoms with Crippen LogP contribution in [0, 0.1) is 11.7 Å². The van der Waals surface area contributed by atoms with Crippen LogP contribution in [0.15, 0.2) is 36.4 Å². The van der Waals surface area contributed by atoms with Gasteiger partial charge in [0.2, 0.25) is 10.9 Å². The molecule has 1 aliphatic carbocycles. The molecular formula is C24H26FN3O6S. The average molecular weight is 504 g/mol. The standard InChI is InChI=1S/C24H26FN3O6S/c25-16-3-5-20(14(10-16)2-1-8-26-27-9-7-17(29)12-27)28(35(32)33)21-6-4-18-19-11-15(19)13-34-23(18)22(21)24(30)31/h1-6,10,15,17,19,26,29,35H,7-9,11-13H2,(H,30,31)/t15?,17-,19?/m1/s1. The summed E-state index contributed by atoms with van der Waals surface area (Å²) in [4.78, 5) is 12.3. The zero-order chi connectivity index (χ0) is 24.7. The van der Waals surface area contributed by atoms with Crippen LogP contribution < -0.4 is 14.5 Å². The number of hydrogen-bond donors (Lipinski definition) is 4. The van der Waals surface area contributed by atoms with E-state index in [-0.39, 0.29) is 40.3 Å². The summed E-state index contributed by atoms with van der Waals surface area (Å²) in [6.07, 6.45) is 4.50. The number of aliphatic hydroxyl groups is 1. The number of carboxylic acids is 1. The first-order chi connectivity index (χ1) is 16.8. The summed E-state index contributed by atoms with van der Waals surface area (Å²) >= 11 is 0. The van der Waals surface area contributed by atoms with Gasteiger partial charge < -0.3 is 14.9 Å². The lowest BCUT2D eigenvalue weighted by molar-refractivity contribution is 0.0692.